The van der Waals surface area contributed by atoms with Gasteiger partial charge in [-0.2, -0.15) is 0 Å². The van der Waals surface area contributed by atoms with E-state index < -0.39 is 10.0 Å². The predicted octanol–water partition coefficient (Wildman–Crippen LogP) is 2.86. The second kappa shape index (κ2) is 7.39. The molecule has 1 heterocycles. The van der Waals surface area contributed by atoms with Gasteiger partial charge >= 0.3 is 0 Å². The maximum Gasteiger partial charge on any atom is 0.268 e. The van der Waals surface area contributed by atoms with Gasteiger partial charge in [0.1, 0.15) is 5.75 Å². The minimum Gasteiger partial charge on any atom is -0.495 e. The van der Waals surface area contributed by atoms with Gasteiger partial charge in [-0.15, -0.1) is 0 Å². The Morgan fingerprint density at radius 1 is 1.12 bits per heavy atom. The first-order valence-electron chi connectivity index (χ1n) is 8.32. The topological polar surface area (TPSA) is 63.6 Å². The van der Waals surface area contributed by atoms with Crippen molar-refractivity contribution in [1.82, 2.24) is 8.87 Å². The minimum absolute atomic E-state index is 0.215. The smallest absolute Gasteiger partial charge is 0.268 e. The highest BCUT2D eigenvalue weighted by atomic mass is 32.2. The summed E-state index contributed by atoms with van der Waals surface area (Å²) in [6.07, 6.45) is 1.59. The van der Waals surface area contributed by atoms with Crippen LogP contribution in [0.15, 0.2) is 59.6 Å². The third-order valence-electron chi connectivity index (χ3n) is 4.17. The summed E-state index contributed by atoms with van der Waals surface area (Å²) in [4.78, 5) is 2.26. The second-order valence-corrected chi connectivity index (χ2v) is 8.08. The summed E-state index contributed by atoms with van der Waals surface area (Å²) in [5.74, 6) is 0.611. The summed E-state index contributed by atoms with van der Waals surface area (Å²) in [6, 6.07) is 14.1. The summed E-state index contributed by atoms with van der Waals surface area (Å²) in [5, 5.41) is 4.13. The molecule has 3 aromatic rings. The minimum atomic E-state index is -3.70. The van der Waals surface area contributed by atoms with Crippen molar-refractivity contribution in [2.45, 2.75) is 4.90 Å². The number of likely N-dealkylation sites (N-methyl/N-ethyl adjacent to an activating group) is 1. The molecule has 0 aliphatic carbocycles. The number of rotatable bonds is 7. The van der Waals surface area contributed by atoms with Crippen LogP contribution >= 0.6 is 0 Å². The van der Waals surface area contributed by atoms with E-state index in [0.717, 1.165) is 11.9 Å². The van der Waals surface area contributed by atoms with E-state index in [9.17, 15) is 8.42 Å². The molecule has 6 nitrogen and oxygen atoms in total. The van der Waals surface area contributed by atoms with Crippen molar-refractivity contribution in [1.29, 1.82) is 0 Å². The van der Waals surface area contributed by atoms with Crippen LogP contribution in [0, 0.1) is 0 Å². The van der Waals surface area contributed by atoms with Crippen LogP contribution in [0.4, 0.5) is 5.69 Å². The Balaban J connectivity index is 1.99. The highest BCUT2D eigenvalue weighted by Gasteiger charge is 2.20. The monoisotopic (exact) mass is 373 g/mol. The van der Waals surface area contributed by atoms with E-state index in [1.165, 1.54) is 3.97 Å². The molecule has 2 aromatic carbocycles. The van der Waals surface area contributed by atoms with E-state index in [2.05, 4.69) is 5.32 Å². The molecule has 0 aliphatic rings. The number of para-hydroxylation sites is 1. The van der Waals surface area contributed by atoms with Gasteiger partial charge in [-0.3, -0.25) is 0 Å². The van der Waals surface area contributed by atoms with Crippen molar-refractivity contribution in [2.75, 3.05) is 39.6 Å². The Kier molecular flexibility index (Phi) is 5.20. The third kappa shape index (κ3) is 3.54. The molecule has 0 aliphatic heterocycles. The molecule has 26 heavy (non-hydrogen) atoms. The van der Waals surface area contributed by atoms with Gasteiger partial charge in [0.2, 0.25) is 0 Å². The number of nitrogens with one attached hydrogen (secondary N) is 1. The van der Waals surface area contributed by atoms with Crippen LogP contribution in [-0.2, 0) is 10.0 Å². The lowest BCUT2D eigenvalue weighted by molar-refractivity contribution is 0.412. The Morgan fingerprint density at radius 2 is 1.88 bits per heavy atom. The number of fused-ring (bicyclic) bond motifs is 1. The fourth-order valence-electron chi connectivity index (χ4n) is 2.78. The zero-order valence-corrected chi connectivity index (χ0v) is 16.0. The Hall–Kier alpha value is -2.51. The van der Waals surface area contributed by atoms with Crippen LogP contribution in [-0.4, -0.2) is 51.6 Å². The second-order valence-electron chi connectivity index (χ2n) is 6.27. The van der Waals surface area contributed by atoms with E-state index in [0.29, 0.717) is 23.5 Å². The number of hydrogen-bond donors (Lipinski definition) is 1. The summed E-state index contributed by atoms with van der Waals surface area (Å²) < 4.78 is 32.9. The molecule has 1 aromatic heterocycles. The predicted molar refractivity (Wildman–Crippen MR) is 105 cm³/mol. The SMILES string of the molecule is COc1ccc(S(=O)(=O)n2ccc3ccccc32)cc1NCCN(C)C. The molecule has 0 spiro atoms. The first-order valence-corrected chi connectivity index (χ1v) is 9.76. The molecule has 0 unspecified atom stereocenters. The van der Waals surface area contributed by atoms with Crippen molar-refractivity contribution in [3.05, 3.63) is 54.7 Å². The molecule has 3 rings (SSSR count). The van der Waals surface area contributed by atoms with Crippen LogP contribution < -0.4 is 10.1 Å². The van der Waals surface area contributed by atoms with Crippen LogP contribution in [0.2, 0.25) is 0 Å². The van der Waals surface area contributed by atoms with Crippen molar-refractivity contribution in [2.24, 2.45) is 0 Å². The maximum atomic E-state index is 13.1. The average molecular weight is 373 g/mol. The Bertz CT molecular complexity index is 1010. The molecule has 0 bridgehead atoms. The molecule has 7 heteroatoms. The van der Waals surface area contributed by atoms with Crippen molar-refractivity contribution < 1.29 is 13.2 Å². The molecule has 0 saturated carbocycles. The van der Waals surface area contributed by atoms with E-state index in [-0.39, 0.29) is 4.90 Å². The van der Waals surface area contributed by atoms with Gasteiger partial charge < -0.3 is 15.0 Å². The first-order chi connectivity index (χ1) is 12.4. The zero-order chi connectivity index (χ0) is 18.7. The number of ether oxygens (including phenoxy) is 1. The number of nitrogens with zero attached hydrogens (tertiary/aromatic N) is 2. The van der Waals surface area contributed by atoms with Gasteiger partial charge in [0.25, 0.3) is 10.0 Å². The van der Waals surface area contributed by atoms with E-state index in [1.54, 1.807) is 43.6 Å². The van der Waals surface area contributed by atoms with Gasteiger partial charge in [0.05, 0.1) is 23.2 Å². The highest BCUT2D eigenvalue weighted by molar-refractivity contribution is 7.90. The van der Waals surface area contributed by atoms with Crippen molar-refractivity contribution in [3.63, 3.8) is 0 Å². The van der Waals surface area contributed by atoms with Crippen molar-refractivity contribution in [3.8, 4) is 5.75 Å². The molecule has 1 N–H and O–H groups in total. The van der Waals surface area contributed by atoms with E-state index in [4.69, 9.17) is 4.74 Å². The van der Waals surface area contributed by atoms with Gasteiger partial charge in [-0.25, -0.2) is 12.4 Å². The van der Waals surface area contributed by atoms with Crippen LogP contribution in [0.3, 0.4) is 0 Å². The quantitative estimate of drug-likeness (QED) is 0.690. The fraction of sp³-hybridized carbons (Fsp3) is 0.263. The largest absolute Gasteiger partial charge is 0.495 e. The third-order valence-corrected chi connectivity index (χ3v) is 5.85. The lowest BCUT2D eigenvalue weighted by atomic mass is 10.3. The fourth-order valence-corrected chi connectivity index (χ4v) is 4.16. The van der Waals surface area contributed by atoms with E-state index >= 15 is 0 Å². The summed E-state index contributed by atoms with van der Waals surface area (Å²) >= 11 is 0. The Labute approximate surface area is 154 Å². The van der Waals surface area contributed by atoms with Gasteiger partial charge in [-0.1, -0.05) is 18.2 Å². The number of benzene rings is 2. The van der Waals surface area contributed by atoms with Crippen molar-refractivity contribution >= 4 is 26.6 Å². The number of anilines is 1. The molecule has 0 fully saturated rings. The lowest BCUT2D eigenvalue weighted by Crippen LogP contribution is -2.21. The summed E-state index contributed by atoms with van der Waals surface area (Å²) in [7, 11) is 1.84. The van der Waals surface area contributed by atoms with Crippen LogP contribution in [0.5, 0.6) is 5.75 Å². The van der Waals surface area contributed by atoms with E-state index in [1.807, 2.05) is 37.2 Å². The number of aromatic nitrogens is 1. The van der Waals surface area contributed by atoms with Gasteiger partial charge in [0, 0.05) is 24.7 Å². The molecule has 0 saturated heterocycles. The lowest BCUT2D eigenvalue weighted by Gasteiger charge is -2.15. The number of hydrogen-bond acceptors (Lipinski definition) is 5. The number of methoxy groups -OCH3 is 1. The molecule has 138 valence electrons. The summed E-state index contributed by atoms with van der Waals surface area (Å²) in [6.45, 7) is 1.50. The van der Waals surface area contributed by atoms with Crippen LogP contribution in [0.1, 0.15) is 0 Å². The van der Waals surface area contributed by atoms with Gasteiger partial charge in [0.15, 0.2) is 0 Å². The molecular formula is C19H23N3O3S. The average Bonchev–Trinajstić information content (AvgIpc) is 3.06. The molecular weight excluding hydrogens is 350 g/mol. The zero-order valence-electron chi connectivity index (χ0n) is 15.1. The normalized spacial score (nSPS) is 11.8. The maximum absolute atomic E-state index is 13.1. The summed E-state index contributed by atoms with van der Waals surface area (Å²) in [5.41, 5.74) is 1.32. The highest BCUT2D eigenvalue weighted by Crippen LogP contribution is 2.29. The Morgan fingerprint density at radius 3 is 2.62 bits per heavy atom. The molecule has 0 radical (unpaired) electrons. The van der Waals surface area contributed by atoms with Gasteiger partial charge in [-0.05, 0) is 44.4 Å². The molecule has 0 amide bonds. The molecule has 0 atom stereocenters. The standard InChI is InChI=1S/C19H23N3O3S/c1-21(2)13-11-20-17-14-16(8-9-19(17)25-3)26(23,24)22-12-10-15-6-4-5-7-18(15)22/h4-10,12,14,20H,11,13H2,1-3H3. The van der Waals surface area contributed by atoms with Crippen LogP contribution in [0.25, 0.3) is 10.9 Å². The first kappa shape index (κ1) is 18.3.